The molecule has 0 unspecified atom stereocenters. The third kappa shape index (κ3) is 4.55. The molecular weight excluding hydrogens is 410 g/mol. The number of carbonyl (C=O) groups excluding carboxylic acids is 2. The molecule has 0 aromatic heterocycles. The Kier molecular flexibility index (Phi) is 6.74. The summed E-state index contributed by atoms with van der Waals surface area (Å²) in [5.74, 6) is -0.846. The molecule has 2 N–H and O–H groups in total. The van der Waals surface area contributed by atoms with E-state index in [1.165, 1.54) is 7.11 Å². The van der Waals surface area contributed by atoms with Gasteiger partial charge in [0.15, 0.2) is 0 Å². The number of benzene rings is 2. The number of amides is 2. The first-order valence-electron chi connectivity index (χ1n) is 10.2. The fourth-order valence-corrected chi connectivity index (χ4v) is 3.69. The van der Waals surface area contributed by atoms with E-state index < -0.39 is 5.91 Å². The first-order valence-corrected chi connectivity index (χ1v) is 10.2. The molecule has 3 rings (SSSR count). The Bertz CT molecular complexity index is 1080. The molecule has 0 radical (unpaired) electrons. The molecule has 0 aliphatic carbocycles. The molecule has 2 amide bonds. The standard InChI is InChI=1S/C24H29N3O5/c1-15-19(28)12-20(29)22(23(15)32-5)24(31)27-13-16-8-9-18(11-17(16)14-27)26(4)21(30)7-6-10-25(2)3/h6-9,11-12,28-29H,10,13-14H2,1-5H3/b7-6+. The van der Waals surface area contributed by atoms with Gasteiger partial charge in [-0.05, 0) is 44.3 Å². The minimum atomic E-state index is -0.392. The smallest absolute Gasteiger partial charge is 0.262 e. The van der Waals surface area contributed by atoms with Gasteiger partial charge in [0.1, 0.15) is 22.8 Å². The van der Waals surface area contributed by atoms with E-state index >= 15 is 0 Å². The van der Waals surface area contributed by atoms with Gasteiger partial charge in [0.25, 0.3) is 5.91 Å². The fourth-order valence-electron chi connectivity index (χ4n) is 3.69. The molecule has 2 aromatic rings. The van der Waals surface area contributed by atoms with Gasteiger partial charge in [0, 0.05) is 50.1 Å². The number of aromatic hydroxyl groups is 2. The Morgan fingerprint density at radius 2 is 1.78 bits per heavy atom. The average Bonchev–Trinajstić information content (AvgIpc) is 3.18. The number of phenols is 2. The molecule has 170 valence electrons. The van der Waals surface area contributed by atoms with Crippen LogP contribution in [0.15, 0.2) is 36.4 Å². The summed E-state index contributed by atoms with van der Waals surface area (Å²) in [5, 5.41) is 20.2. The lowest BCUT2D eigenvalue weighted by Crippen LogP contribution is -2.26. The number of carbonyl (C=O) groups is 2. The molecule has 1 heterocycles. The number of hydrogen-bond acceptors (Lipinski definition) is 6. The number of anilines is 1. The predicted molar refractivity (Wildman–Crippen MR) is 122 cm³/mol. The van der Waals surface area contributed by atoms with Crippen LogP contribution >= 0.6 is 0 Å². The molecule has 0 spiro atoms. The quantitative estimate of drug-likeness (QED) is 0.673. The van der Waals surface area contributed by atoms with Crippen LogP contribution in [0.5, 0.6) is 17.2 Å². The summed E-state index contributed by atoms with van der Waals surface area (Å²) < 4.78 is 5.30. The van der Waals surface area contributed by atoms with Gasteiger partial charge in [-0.15, -0.1) is 0 Å². The second kappa shape index (κ2) is 9.32. The van der Waals surface area contributed by atoms with Crippen molar-refractivity contribution < 1.29 is 24.5 Å². The van der Waals surface area contributed by atoms with Crippen molar-refractivity contribution in [2.24, 2.45) is 0 Å². The zero-order valence-corrected chi connectivity index (χ0v) is 19.0. The van der Waals surface area contributed by atoms with Crippen LogP contribution in [0.1, 0.15) is 27.0 Å². The fraction of sp³-hybridized carbons (Fsp3) is 0.333. The summed E-state index contributed by atoms with van der Waals surface area (Å²) in [4.78, 5) is 30.8. The second-order valence-electron chi connectivity index (χ2n) is 8.12. The van der Waals surface area contributed by atoms with Crippen molar-refractivity contribution in [2.45, 2.75) is 20.0 Å². The zero-order valence-electron chi connectivity index (χ0n) is 19.0. The molecule has 32 heavy (non-hydrogen) atoms. The van der Waals surface area contributed by atoms with Gasteiger partial charge < -0.3 is 29.6 Å². The van der Waals surface area contributed by atoms with Crippen LogP contribution in [-0.2, 0) is 17.9 Å². The van der Waals surface area contributed by atoms with Crippen molar-refractivity contribution in [3.63, 3.8) is 0 Å². The Labute approximate surface area is 187 Å². The van der Waals surface area contributed by atoms with Gasteiger partial charge in [-0.3, -0.25) is 9.59 Å². The lowest BCUT2D eigenvalue weighted by atomic mass is 10.1. The number of hydrogen-bond donors (Lipinski definition) is 2. The first-order chi connectivity index (χ1) is 15.1. The van der Waals surface area contributed by atoms with Crippen LogP contribution in [0.25, 0.3) is 0 Å². The summed E-state index contributed by atoms with van der Waals surface area (Å²) in [7, 11) is 6.97. The molecule has 8 nitrogen and oxygen atoms in total. The van der Waals surface area contributed by atoms with E-state index in [0.717, 1.165) is 22.9 Å². The van der Waals surface area contributed by atoms with Crippen molar-refractivity contribution in [3.05, 3.63) is 58.7 Å². The molecule has 0 atom stereocenters. The minimum absolute atomic E-state index is 0.0224. The van der Waals surface area contributed by atoms with Crippen molar-refractivity contribution in [1.82, 2.24) is 9.80 Å². The Morgan fingerprint density at radius 1 is 1.09 bits per heavy atom. The van der Waals surface area contributed by atoms with Gasteiger partial charge >= 0.3 is 0 Å². The summed E-state index contributed by atoms with van der Waals surface area (Å²) in [6, 6.07) is 6.81. The number of nitrogens with zero attached hydrogens (tertiary/aromatic N) is 3. The number of likely N-dealkylation sites (N-methyl/N-ethyl adjacent to an activating group) is 2. The number of phenolic OH excluding ortho intramolecular Hbond substituents is 2. The van der Waals surface area contributed by atoms with Gasteiger partial charge in [-0.1, -0.05) is 12.1 Å². The Balaban J connectivity index is 1.80. The molecule has 1 aliphatic heterocycles. The van der Waals surface area contributed by atoms with E-state index in [-0.39, 0.29) is 28.7 Å². The normalized spacial score (nSPS) is 13.0. The monoisotopic (exact) mass is 439 g/mol. The van der Waals surface area contributed by atoms with E-state index in [4.69, 9.17) is 4.74 Å². The van der Waals surface area contributed by atoms with Gasteiger partial charge in [-0.25, -0.2) is 0 Å². The van der Waals surface area contributed by atoms with E-state index in [1.54, 1.807) is 29.8 Å². The SMILES string of the molecule is COc1c(C)c(O)cc(O)c1C(=O)N1Cc2ccc(N(C)C(=O)/C=C/CN(C)C)cc2C1. The number of methoxy groups -OCH3 is 1. The van der Waals surface area contributed by atoms with Crippen LogP contribution in [-0.4, -0.2) is 66.6 Å². The van der Waals surface area contributed by atoms with Gasteiger partial charge in [-0.2, -0.15) is 0 Å². The van der Waals surface area contributed by atoms with E-state index in [0.29, 0.717) is 25.2 Å². The molecule has 0 bridgehead atoms. The second-order valence-corrected chi connectivity index (χ2v) is 8.12. The zero-order chi connectivity index (χ0) is 23.6. The molecule has 0 fully saturated rings. The van der Waals surface area contributed by atoms with Crippen LogP contribution < -0.4 is 9.64 Å². The Morgan fingerprint density at radius 3 is 2.44 bits per heavy atom. The molecular formula is C24H29N3O5. The molecule has 0 saturated heterocycles. The number of rotatable bonds is 6. The van der Waals surface area contributed by atoms with Crippen LogP contribution in [0.4, 0.5) is 5.69 Å². The highest BCUT2D eigenvalue weighted by atomic mass is 16.5. The predicted octanol–water partition coefficient (Wildman–Crippen LogP) is 2.65. The maximum Gasteiger partial charge on any atom is 0.262 e. The average molecular weight is 440 g/mol. The van der Waals surface area contributed by atoms with Crippen LogP contribution in [0, 0.1) is 6.92 Å². The van der Waals surface area contributed by atoms with Crippen LogP contribution in [0.3, 0.4) is 0 Å². The van der Waals surface area contributed by atoms with E-state index in [1.807, 2.05) is 43.3 Å². The highest BCUT2D eigenvalue weighted by molar-refractivity contribution is 6.02. The minimum Gasteiger partial charge on any atom is -0.507 e. The number of fused-ring (bicyclic) bond motifs is 1. The third-order valence-corrected chi connectivity index (χ3v) is 5.55. The van der Waals surface area contributed by atoms with Gasteiger partial charge in [0.05, 0.1) is 7.11 Å². The molecule has 8 heteroatoms. The molecule has 1 aliphatic rings. The summed E-state index contributed by atoms with van der Waals surface area (Å²) >= 11 is 0. The van der Waals surface area contributed by atoms with Crippen molar-refractivity contribution >= 4 is 17.5 Å². The van der Waals surface area contributed by atoms with Crippen molar-refractivity contribution in [3.8, 4) is 17.2 Å². The summed E-state index contributed by atoms with van der Waals surface area (Å²) in [6.07, 6.45) is 3.36. The largest absolute Gasteiger partial charge is 0.507 e. The third-order valence-electron chi connectivity index (χ3n) is 5.55. The van der Waals surface area contributed by atoms with Crippen molar-refractivity contribution in [1.29, 1.82) is 0 Å². The highest BCUT2D eigenvalue weighted by Gasteiger charge is 2.30. The molecule has 2 aromatic carbocycles. The number of ether oxygens (including phenoxy) is 1. The van der Waals surface area contributed by atoms with E-state index in [2.05, 4.69) is 0 Å². The summed E-state index contributed by atoms with van der Waals surface area (Å²) in [5.41, 5.74) is 3.05. The van der Waals surface area contributed by atoms with E-state index in [9.17, 15) is 19.8 Å². The van der Waals surface area contributed by atoms with Crippen molar-refractivity contribution in [2.75, 3.05) is 39.7 Å². The lowest BCUT2D eigenvalue weighted by molar-refractivity contribution is -0.113. The lowest BCUT2D eigenvalue weighted by Gasteiger charge is -2.20. The molecule has 0 saturated carbocycles. The van der Waals surface area contributed by atoms with Crippen LogP contribution in [0.2, 0.25) is 0 Å². The maximum atomic E-state index is 13.2. The topological polar surface area (TPSA) is 93.5 Å². The highest BCUT2D eigenvalue weighted by Crippen LogP contribution is 2.39. The Hall–Kier alpha value is -3.52. The summed E-state index contributed by atoms with van der Waals surface area (Å²) in [6.45, 7) is 3.00. The first kappa shape index (κ1) is 23.1. The maximum absolute atomic E-state index is 13.2. The van der Waals surface area contributed by atoms with Gasteiger partial charge in [0.2, 0.25) is 5.91 Å².